The van der Waals surface area contributed by atoms with Crippen molar-refractivity contribution in [1.82, 2.24) is 4.90 Å². The number of ketones is 1. The summed E-state index contributed by atoms with van der Waals surface area (Å²) in [5.41, 5.74) is 1.01. The van der Waals surface area contributed by atoms with E-state index in [0.717, 1.165) is 25.3 Å². The Morgan fingerprint density at radius 2 is 2.10 bits per heavy atom. The van der Waals surface area contributed by atoms with Crippen LogP contribution in [0.25, 0.3) is 0 Å². The van der Waals surface area contributed by atoms with Gasteiger partial charge in [-0.15, -0.1) is 0 Å². The number of fused-ring (bicyclic) bond motifs is 1. The molecule has 0 bridgehead atoms. The van der Waals surface area contributed by atoms with Crippen LogP contribution < -0.4 is 4.90 Å². The quantitative estimate of drug-likeness (QED) is 0.776. The molecule has 108 valence electrons. The van der Waals surface area contributed by atoms with Crippen LogP contribution in [0.1, 0.15) is 36.5 Å². The van der Waals surface area contributed by atoms with Crippen LogP contribution in [-0.2, 0) is 0 Å². The van der Waals surface area contributed by atoms with Crippen LogP contribution in [0.4, 0.5) is 10.1 Å². The first-order valence-electron chi connectivity index (χ1n) is 7.45. The lowest BCUT2D eigenvalue weighted by Crippen LogP contribution is -2.55. The predicted molar refractivity (Wildman–Crippen MR) is 77.8 cm³/mol. The largest absolute Gasteiger partial charge is 0.368 e. The molecular weight excluding hydrogens is 255 g/mol. The van der Waals surface area contributed by atoms with Crippen LogP contribution in [0.3, 0.4) is 0 Å². The summed E-state index contributed by atoms with van der Waals surface area (Å²) in [6.45, 7) is 5.42. The van der Waals surface area contributed by atoms with Gasteiger partial charge in [-0.05, 0) is 38.4 Å². The van der Waals surface area contributed by atoms with E-state index in [1.807, 2.05) is 6.07 Å². The smallest absolute Gasteiger partial charge is 0.164 e. The number of carbonyl (C=O) groups excluding carboxylic acids is 1. The van der Waals surface area contributed by atoms with Crippen molar-refractivity contribution >= 4 is 11.5 Å². The summed E-state index contributed by atoms with van der Waals surface area (Å²) in [7, 11) is 0. The van der Waals surface area contributed by atoms with Gasteiger partial charge in [-0.3, -0.25) is 9.69 Å². The van der Waals surface area contributed by atoms with Gasteiger partial charge in [0, 0.05) is 25.7 Å². The van der Waals surface area contributed by atoms with E-state index in [2.05, 4.69) is 9.80 Å². The first kappa shape index (κ1) is 13.6. The molecule has 0 N–H and O–H groups in total. The van der Waals surface area contributed by atoms with Gasteiger partial charge in [-0.2, -0.15) is 0 Å². The Hall–Kier alpha value is -1.42. The molecule has 2 saturated heterocycles. The van der Waals surface area contributed by atoms with Crippen LogP contribution in [-0.4, -0.2) is 42.9 Å². The fourth-order valence-corrected chi connectivity index (χ4v) is 3.50. The molecule has 3 nitrogen and oxygen atoms in total. The van der Waals surface area contributed by atoms with Gasteiger partial charge >= 0.3 is 0 Å². The fourth-order valence-electron chi connectivity index (χ4n) is 3.50. The maximum Gasteiger partial charge on any atom is 0.164 e. The number of rotatable bonds is 2. The SMILES string of the molecule is CC(=O)c1c(F)cccc1N1CCN2CCCCC2C1. The summed E-state index contributed by atoms with van der Waals surface area (Å²) < 4.78 is 13.9. The number of anilines is 1. The van der Waals surface area contributed by atoms with Gasteiger partial charge in [0.2, 0.25) is 0 Å². The number of carbonyl (C=O) groups is 1. The standard InChI is InChI=1S/C16H21FN2O/c1-12(20)16-14(17)6-4-7-15(16)19-10-9-18-8-3-2-5-13(18)11-19/h4,6-7,13H,2-3,5,8-11H2,1H3. The number of halogens is 1. The molecule has 0 aliphatic carbocycles. The normalized spacial score (nSPS) is 23.5. The number of nitrogens with zero attached hydrogens (tertiary/aromatic N) is 2. The Labute approximate surface area is 119 Å². The maximum absolute atomic E-state index is 13.9. The van der Waals surface area contributed by atoms with E-state index in [1.165, 1.54) is 38.8 Å². The van der Waals surface area contributed by atoms with E-state index in [4.69, 9.17) is 0 Å². The monoisotopic (exact) mass is 276 g/mol. The molecule has 2 aliphatic rings. The van der Waals surface area contributed by atoms with Crippen LogP contribution in [0.5, 0.6) is 0 Å². The van der Waals surface area contributed by atoms with E-state index < -0.39 is 5.82 Å². The second kappa shape index (κ2) is 5.52. The maximum atomic E-state index is 13.9. The van der Waals surface area contributed by atoms with Gasteiger partial charge < -0.3 is 4.90 Å². The summed E-state index contributed by atoms with van der Waals surface area (Å²) in [5.74, 6) is -0.592. The van der Waals surface area contributed by atoms with E-state index >= 15 is 0 Å². The van der Waals surface area contributed by atoms with E-state index in [0.29, 0.717) is 6.04 Å². The molecule has 0 spiro atoms. The summed E-state index contributed by atoms with van der Waals surface area (Å²) in [5, 5.41) is 0. The topological polar surface area (TPSA) is 23.6 Å². The summed E-state index contributed by atoms with van der Waals surface area (Å²) in [6.07, 6.45) is 3.77. The van der Waals surface area contributed by atoms with Crippen molar-refractivity contribution in [2.24, 2.45) is 0 Å². The highest BCUT2D eigenvalue weighted by Crippen LogP contribution is 2.28. The lowest BCUT2D eigenvalue weighted by Gasteiger charge is -2.45. The second-order valence-corrected chi connectivity index (χ2v) is 5.82. The first-order valence-corrected chi connectivity index (χ1v) is 7.45. The second-order valence-electron chi connectivity index (χ2n) is 5.82. The third-order valence-electron chi connectivity index (χ3n) is 4.52. The molecule has 4 heteroatoms. The number of hydrogen-bond acceptors (Lipinski definition) is 3. The average molecular weight is 276 g/mol. The van der Waals surface area contributed by atoms with Crippen molar-refractivity contribution in [3.05, 3.63) is 29.6 Å². The molecule has 1 atom stereocenters. The molecule has 1 aromatic carbocycles. The predicted octanol–water partition coefficient (Wildman–Crippen LogP) is 2.70. The Morgan fingerprint density at radius 1 is 1.25 bits per heavy atom. The zero-order valence-electron chi connectivity index (χ0n) is 11.9. The molecule has 0 radical (unpaired) electrons. The number of hydrogen-bond donors (Lipinski definition) is 0. The third-order valence-corrected chi connectivity index (χ3v) is 4.52. The zero-order chi connectivity index (χ0) is 14.1. The van der Waals surface area contributed by atoms with E-state index in [1.54, 1.807) is 6.07 Å². The Morgan fingerprint density at radius 3 is 2.90 bits per heavy atom. The molecule has 1 aromatic rings. The molecule has 0 amide bonds. The van der Waals surface area contributed by atoms with Gasteiger partial charge in [0.15, 0.2) is 5.78 Å². The van der Waals surface area contributed by atoms with Gasteiger partial charge in [-0.25, -0.2) is 4.39 Å². The van der Waals surface area contributed by atoms with Crippen LogP contribution >= 0.6 is 0 Å². The first-order chi connectivity index (χ1) is 9.66. The van der Waals surface area contributed by atoms with Crippen LogP contribution in [0, 0.1) is 5.82 Å². The van der Waals surface area contributed by atoms with Crippen LogP contribution in [0.2, 0.25) is 0 Å². The molecule has 1 unspecified atom stereocenters. The average Bonchev–Trinajstić information content (AvgIpc) is 2.46. The number of benzene rings is 1. The zero-order valence-corrected chi connectivity index (χ0v) is 11.9. The summed E-state index contributed by atoms with van der Waals surface area (Å²) in [6, 6.07) is 5.50. The highest BCUT2D eigenvalue weighted by atomic mass is 19.1. The Kier molecular flexibility index (Phi) is 3.74. The van der Waals surface area contributed by atoms with Crippen molar-refractivity contribution in [1.29, 1.82) is 0 Å². The molecule has 2 fully saturated rings. The lowest BCUT2D eigenvalue weighted by atomic mass is 9.98. The summed E-state index contributed by atoms with van der Waals surface area (Å²) >= 11 is 0. The number of Topliss-reactive ketones (excluding diaryl/α,β-unsaturated/α-hetero) is 1. The highest BCUT2D eigenvalue weighted by Gasteiger charge is 2.30. The minimum absolute atomic E-state index is 0.191. The molecule has 20 heavy (non-hydrogen) atoms. The van der Waals surface area contributed by atoms with Gasteiger partial charge in [0.1, 0.15) is 5.82 Å². The van der Waals surface area contributed by atoms with Gasteiger partial charge in [0.25, 0.3) is 0 Å². The number of piperidine rings is 1. The van der Waals surface area contributed by atoms with Gasteiger partial charge in [-0.1, -0.05) is 12.5 Å². The Bertz CT molecular complexity index is 517. The van der Waals surface area contributed by atoms with Crippen molar-refractivity contribution < 1.29 is 9.18 Å². The number of piperazine rings is 1. The molecule has 0 aromatic heterocycles. The molecule has 0 saturated carbocycles. The highest BCUT2D eigenvalue weighted by molar-refractivity contribution is 6.00. The molecule has 2 heterocycles. The van der Waals surface area contributed by atoms with Crippen molar-refractivity contribution in [3.63, 3.8) is 0 Å². The van der Waals surface area contributed by atoms with Crippen molar-refractivity contribution in [2.75, 3.05) is 31.1 Å². The van der Waals surface area contributed by atoms with Crippen molar-refractivity contribution in [2.45, 2.75) is 32.2 Å². The lowest BCUT2D eigenvalue weighted by molar-refractivity contribution is 0.101. The van der Waals surface area contributed by atoms with Crippen LogP contribution in [0.15, 0.2) is 18.2 Å². The Balaban J connectivity index is 1.86. The minimum Gasteiger partial charge on any atom is -0.368 e. The summed E-state index contributed by atoms with van der Waals surface area (Å²) in [4.78, 5) is 16.5. The molecular formula is C16H21FN2O. The molecule has 3 rings (SSSR count). The van der Waals surface area contributed by atoms with Gasteiger partial charge in [0.05, 0.1) is 11.3 Å². The molecule has 2 aliphatic heterocycles. The van der Waals surface area contributed by atoms with E-state index in [9.17, 15) is 9.18 Å². The fraction of sp³-hybridized carbons (Fsp3) is 0.562. The minimum atomic E-state index is -0.402. The third kappa shape index (κ3) is 2.44. The van der Waals surface area contributed by atoms with Crippen molar-refractivity contribution in [3.8, 4) is 0 Å². The van der Waals surface area contributed by atoms with E-state index in [-0.39, 0.29) is 11.3 Å².